The summed E-state index contributed by atoms with van der Waals surface area (Å²) >= 11 is 0. The zero-order chi connectivity index (χ0) is 22.2. The third-order valence-electron chi connectivity index (χ3n) is 6.95. The quantitative estimate of drug-likeness (QED) is 0.481. The van der Waals surface area contributed by atoms with Crippen LogP contribution in [0, 0.1) is 6.92 Å². The average Bonchev–Trinajstić information content (AvgIpc) is 3.19. The van der Waals surface area contributed by atoms with Gasteiger partial charge in [0.2, 0.25) is 0 Å². The van der Waals surface area contributed by atoms with Crippen LogP contribution in [-0.2, 0) is 19.5 Å². The van der Waals surface area contributed by atoms with E-state index >= 15 is 0 Å². The van der Waals surface area contributed by atoms with Crippen LogP contribution in [-0.4, -0.2) is 55.6 Å². The number of pyridine rings is 1. The number of hydrogen-bond donors (Lipinski definition) is 0. The summed E-state index contributed by atoms with van der Waals surface area (Å²) < 4.78 is 2.48. The van der Waals surface area contributed by atoms with Crippen molar-refractivity contribution in [1.82, 2.24) is 29.4 Å². The molecule has 0 unspecified atom stereocenters. The lowest BCUT2D eigenvalue weighted by atomic mass is 10.1. The van der Waals surface area contributed by atoms with E-state index in [1.807, 2.05) is 18.2 Å². The van der Waals surface area contributed by atoms with Crippen LogP contribution >= 0.6 is 0 Å². The van der Waals surface area contributed by atoms with E-state index in [1.165, 1.54) is 30.1 Å². The monoisotopic (exact) mass is 439 g/mol. The van der Waals surface area contributed by atoms with Gasteiger partial charge >= 0.3 is 0 Å². The van der Waals surface area contributed by atoms with Crippen molar-refractivity contribution in [2.75, 3.05) is 31.1 Å². The molecule has 0 atom stereocenters. The van der Waals surface area contributed by atoms with Crippen LogP contribution in [0.1, 0.15) is 30.1 Å². The zero-order valence-electron chi connectivity index (χ0n) is 19.1. The Morgan fingerprint density at radius 3 is 2.52 bits per heavy atom. The lowest BCUT2D eigenvalue weighted by Gasteiger charge is -2.36. The Kier molecular flexibility index (Phi) is 5.26. The van der Waals surface area contributed by atoms with Gasteiger partial charge in [0.1, 0.15) is 11.6 Å². The summed E-state index contributed by atoms with van der Waals surface area (Å²) in [4.78, 5) is 23.8. The van der Waals surface area contributed by atoms with Gasteiger partial charge in [0, 0.05) is 69.0 Å². The number of para-hydroxylation sites is 1. The molecule has 6 rings (SSSR count). The first-order valence-corrected chi connectivity index (χ1v) is 12.0. The number of benzene rings is 1. The summed E-state index contributed by atoms with van der Waals surface area (Å²) in [6.07, 6.45) is 7.25. The molecule has 0 amide bonds. The maximum absolute atomic E-state index is 5.02. The second kappa shape index (κ2) is 8.56. The number of rotatable bonds is 4. The van der Waals surface area contributed by atoms with E-state index < -0.39 is 0 Å². The molecule has 2 aliphatic heterocycles. The number of aryl methyl sites for hydroxylation is 2. The highest BCUT2D eigenvalue weighted by molar-refractivity contribution is 5.91. The van der Waals surface area contributed by atoms with Gasteiger partial charge in [-0.05, 0) is 44.0 Å². The Morgan fingerprint density at radius 2 is 1.67 bits per heavy atom. The Bertz CT molecular complexity index is 1270. The Labute approximate surface area is 194 Å². The average molecular weight is 440 g/mol. The summed E-state index contributed by atoms with van der Waals surface area (Å²) in [5.41, 5.74) is 4.60. The van der Waals surface area contributed by atoms with E-state index in [1.54, 1.807) is 12.4 Å². The first-order chi connectivity index (χ1) is 16.3. The summed E-state index contributed by atoms with van der Waals surface area (Å²) in [6, 6.07) is 12.3. The molecule has 1 saturated heterocycles. The number of piperazine rings is 1. The minimum atomic E-state index is 0.759. The highest BCUT2D eigenvalue weighted by Crippen LogP contribution is 2.28. The number of anilines is 1. The molecular weight excluding hydrogens is 410 g/mol. The van der Waals surface area contributed by atoms with Crippen LogP contribution in [0.15, 0.2) is 48.8 Å². The maximum Gasteiger partial charge on any atom is 0.162 e. The van der Waals surface area contributed by atoms with Crippen LogP contribution in [0.4, 0.5) is 5.82 Å². The van der Waals surface area contributed by atoms with Gasteiger partial charge in [-0.25, -0.2) is 15.0 Å². The van der Waals surface area contributed by atoms with E-state index in [0.29, 0.717) is 0 Å². The molecule has 3 aromatic heterocycles. The molecule has 0 radical (unpaired) electrons. The summed E-state index contributed by atoms with van der Waals surface area (Å²) in [5, 5.41) is 1.12. The smallest absolute Gasteiger partial charge is 0.162 e. The van der Waals surface area contributed by atoms with Gasteiger partial charge in [-0.1, -0.05) is 12.1 Å². The SMILES string of the molecule is Cc1nc2n(c1CN1CCN(c3nc(-c4ccncc4)nc4ccccc34)CC1)CCCC2. The first kappa shape index (κ1) is 20.3. The minimum Gasteiger partial charge on any atom is -0.353 e. The second-order valence-corrected chi connectivity index (χ2v) is 9.06. The molecule has 0 bridgehead atoms. The highest BCUT2D eigenvalue weighted by atomic mass is 15.3. The summed E-state index contributed by atoms with van der Waals surface area (Å²) in [7, 11) is 0. The second-order valence-electron chi connectivity index (χ2n) is 9.06. The largest absolute Gasteiger partial charge is 0.353 e. The molecule has 0 spiro atoms. The molecule has 2 aliphatic rings. The molecule has 0 N–H and O–H groups in total. The zero-order valence-corrected chi connectivity index (χ0v) is 19.1. The van der Waals surface area contributed by atoms with Gasteiger partial charge in [0.25, 0.3) is 0 Å². The van der Waals surface area contributed by atoms with E-state index in [2.05, 4.69) is 44.5 Å². The van der Waals surface area contributed by atoms with E-state index in [-0.39, 0.29) is 0 Å². The van der Waals surface area contributed by atoms with E-state index in [9.17, 15) is 0 Å². The van der Waals surface area contributed by atoms with Crippen molar-refractivity contribution in [3.8, 4) is 11.4 Å². The third-order valence-corrected chi connectivity index (χ3v) is 6.95. The topological polar surface area (TPSA) is 63.0 Å². The number of hydrogen-bond acceptors (Lipinski definition) is 6. The molecule has 4 aromatic rings. The Balaban J connectivity index is 1.24. The number of fused-ring (bicyclic) bond motifs is 2. The molecular formula is C26H29N7. The fourth-order valence-electron chi connectivity index (χ4n) is 5.14. The molecule has 0 saturated carbocycles. The van der Waals surface area contributed by atoms with Gasteiger partial charge in [0.15, 0.2) is 5.82 Å². The van der Waals surface area contributed by atoms with Gasteiger partial charge in [0.05, 0.1) is 16.9 Å². The van der Waals surface area contributed by atoms with Gasteiger partial charge in [-0.15, -0.1) is 0 Å². The lowest BCUT2D eigenvalue weighted by Crippen LogP contribution is -2.46. The van der Waals surface area contributed by atoms with Crippen molar-refractivity contribution >= 4 is 16.7 Å². The molecule has 1 aromatic carbocycles. The predicted molar refractivity (Wildman–Crippen MR) is 130 cm³/mol. The molecule has 1 fully saturated rings. The maximum atomic E-state index is 5.02. The molecule has 7 nitrogen and oxygen atoms in total. The Hall–Kier alpha value is -3.32. The predicted octanol–water partition coefficient (Wildman–Crippen LogP) is 3.86. The van der Waals surface area contributed by atoms with Crippen molar-refractivity contribution in [2.45, 2.75) is 39.3 Å². The van der Waals surface area contributed by atoms with Crippen molar-refractivity contribution in [3.63, 3.8) is 0 Å². The normalized spacial score (nSPS) is 16.8. The summed E-state index contributed by atoms with van der Waals surface area (Å²) in [5.74, 6) is 3.07. The van der Waals surface area contributed by atoms with E-state index in [4.69, 9.17) is 15.0 Å². The summed E-state index contributed by atoms with van der Waals surface area (Å²) in [6.45, 7) is 8.22. The Morgan fingerprint density at radius 1 is 0.848 bits per heavy atom. The van der Waals surface area contributed by atoms with E-state index in [0.717, 1.165) is 73.8 Å². The molecule has 0 aliphatic carbocycles. The van der Waals surface area contributed by atoms with Gasteiger partial charge in [-0.3, -0.25) is 9.88 Å². The fraction of sp³-hybridized carbons (Fsp3) is 0.385. The molecule has 7 heteroatoms. The molecule has 33 heavy (non-hydrogen) atoms. The molecule has 168 valence electrons. The van der Waals surface area contributed by atoms with Crippen LogP contribution < -0.4 is 4.90 Å². The fourth-order valence-corrected chi connectivity index (χ4v) is 5.14. The van der Waals surface area contributed by atoms with Gasteiger partial charge < -0.3 is 9.47 Å². The third kappa shape index (κ3) is 3.86. The van der Waals surface area contributed by atoms with Crippen LogP contribution in [0.3, 0.4) is 0 Å². The minimum absolute atomic E-state index is 0.759. The highest BCUT2D eigenvalue weighted by Gasteiger charge is 2.24. The van der Waals surface area contributed by atoms with Crippen molar-refractivity contribution in [3.05, 3.63) is 66.0 Å². The standard InChI is InChI=1S/C26H29N7/c1-19-23(33-13-5-4-8-24(33)28-19)18-31-14-16-32(17-15-31)26-21-6-2-3-7-22(21)29-25(30-26)20-9-11-27-12-10-20/h2-3,6-7,9-12H,4-5,8,13-18H2,1H3. The van der Waals surface area contributed by atoms with Gasteiger partial charge in [-0.2, -0.15) is 0 Å². The lowest BCUT2D eigenvalue weighted by molar-refractivity contribution is 0.241. The van der Waals surface area contributed by atoms with Crippen LogP contribution in [0.2, 0.25) is 0 Å². The van der Waals surface area contributed by atoms with Crippen LogP contribution in [0.5, 0.6) is 0 Å². The first-order valence-electron chi connectivity index (χ1n) is 12.0. The number of imidazole rings is 1. The van der Waals surface area contributed by atoms with Crippen molar-refractivity contribution in [2.24, 2.45) is 0 Å². The van der Waals surface area contributed by atoms with Crippen LogP contribution in [0.25, 0.3) is 22.3 Å². The number of aromatic nitrogens is 5. The molecule has 5 heterocycles. The van der Waals surface area contributed by atoms with Crippen molar-refractivity contribution in [1.29, 1.82) is 0 Å². The number of nitrogens with zero attached hydrogens (tertiary/aromatic N) is 7. The van der Waals surface area contributed by atoms with Crippen molar-refractivity contribution < 1.29 is 0 Å².